The van der Waals surface area contributed by atoms with Crippen molar-refractivity contribution >= 4 is 5.78 Å². The summed E-state index contributed by atoms with van der Waals surface area (Å²) in [6.45, 7) is 3.70. The average molecular weight is 177 g/mol. The van der Waals surface area contributed by atoms with Gasteiger partial charge in [-0.05, 0) is 31.4 Å². The summed E-state index contributed by atoms with van der Waals surface area (Å²) >= 11 is 0. The van der Waals surface area contributed by atoms with E-state index in [0.717, 1.165) is 18.4 Å². The van der Waals surface area contributed by atoms with Gasteiger partial charge in [0.15, 0.2) is 0 Å². The fourth-order valence-electron chi connectivity index (χ4n) is 1.38. The molecule has 1 aromatic rings. The van der Waals surface area contributed by atoms with Crippen molar-refractivity contribution < 1.29 is 4.79 Å². The van der Waals surface area contributed by atoms with E-state index in [1.165, 1.54) is 0 Å². The highest BCUT2D eigenvalue weighted by atomic mass is 16.1. The Bertz CT molecular complexity index is 269. The SMILES string of the molecule is CCC(Cc1cccnc1)C(C)=O. The Morgan fingerprint density at radius 2 is 2.38 bits per heavy atom. The van der Waals surface area contributed by atoms with E-state index in [2.05, 4.69) is 4.98 Å². The van der Waals surface area contributed by atoms with Gasteiger partial charge in [-0.25, -0.2) is 0 Å². The Morgan fingerprint density at radius 1 is 1.62 bits per heavy atom. The Labute approximate surface area is 79.0 Å². The second-order valence-electron chi connectivity index (χ2n) is 3.28. The largest absolute Gasteiger partial charge is 0.300 e. The summed E-state index contributed by atoms with van der Waals surface area (Å²) in [4.78, 5) is 15.2. The molecule has 0 saturated carbocycles. The predicted molar refractivity (Wildman–Crippen MR) is 52.4 cm³/mol. The van der Waals surface area contributed by atoms with E-state index in [-0.39, 0.29) is 11.7 Å². The number of hydrogen-bond donors (Lipinski definition) is 0. The van der Waals surface area contributed by atoms with Crippen molar-refractivity contribution in [1.29, 1.82) is 0 Å². The molecule has 0 fully saturated rings. The number of nitrogens with zero attached hydrogens (tertiary/aromatic N) is 1. The summed E-state index contributed by atoms with van der Waals surface area (Å²) in [5.41, 5.74) is 1.14. The van der Waals surface area contributed by atoms with E-state index in [1.807, 2.05) is 25.3 Å². The first-order chi connectivity index (χ1) is 6.24. The van der Waals surface area contributed by atoms with Gasteiger partial charge in [-0.3, -0.25) is 9.78 Å². The normalized spacial score (nSPS) is 12.5. The van der Waals surface area contributed by atoms with Crippen molar-refractivity contribution in [1.82, 2.24) is 4.98 Å². The lowest BCUT2D eigenvalue weighted by Crippen LogP contribution is -2.12. The third-order valence-electron chi connectivity index (χ3n) is 2.27. The smallest absolute Gasteiger partial charge is 0.133 e. The van der Waals surface area contributed by atoms with Gasteiger partial charge in [0.2, 0.25) is 0 Å². The van der Waals surface area contributed by atoms with Gasteiger partial charge in [-0.1, -0.05) is 13.0 Å². The van der Waals surface area contributed by atoms with Crippen molar-refractivity contribution in [3.8, 4) is 0 Å². The number of pyridine rings is 1. The number of carbonyl (C=O) groups excluding carboxylic acids is 1. The molecule has 1 atom stereocenters. The van der Waals surface area contributed by atoms with Crippen LogP contribution in [0, 0.1) is 5.92 Å². The van der Waals surface area contributed by atoms with Gasteiger partial charge in [0.1, 0.15) is 5.78 Å². The lowest BCUT2D eigenvalue weighted by molar-refractivity contribution is -0.120. The van der Waals surface area contributed by atoms with E-state index in [9.17, 15) is 4.79 Å². The summed E-state index contributed by atoms with van der Waals surface area (Å²) in [6, 6.07) is 3.92. The molecule has 0 radical (unpaired) electrons. The highest BCUT2D eigenvalue weighted by molar-refractivity contribution is 5.78. The van der Waals surface area contributed by atoms with E-state index in [1.54, 1.807) is 13.1 Å². The molecule has 0 bridgehead atoms. The first-order valence-corrected chi connectivity index (χ1v) is 4.63. The molecule has 1 heterocycles. The van der Waals surface area contributed by atoms with E-state index >= 15 is 0 Å². The zero-order chi connectivity index (χ0) is 9.68. The van der Waals surface area contributed by atoms with Crippen LogP contribution in [0.5, 0.6) is 0 Å². The summed E-state index contributed by atoms with van der Waals surface area (Å²) in [6.07, 6.45) is 5.30. The van der Waals surface area contributed by atoms with E-state index in [4.69, 9.17) is 0 Å². The standard InChI is InChI=1S/C11H15NO/c1-3-11(9(2)13)7-10-5-4-6-12-8-10/h4-6,8,11H,3,7H2,1-2H3. The minimum absolute atomic E-state index is 0.157. The van der Waals surface area contributed by atoms with Gasteiger partial charge >= 0.3 is 0 Å². The number of Topliss-reactive ketones (excluding diaryl/α,β-unsaturated/α-hetero) is 1. The van der Waals surface area contributed by atoms with Crippen LogP contribution in [-0.2, 0) is 11.2 Å². The van der Waals surface area contributed by atoms with Crippen LogP contribution in [0.2, 0.25) is 0 Å². The zero-order valence-electron chi connectivity index (χ0n) is 8.16. The molecule has 1 rings (SSSR count). The monoisotopic (exact) mass is 177 g/mol. The van der Waals surface area contributed by atoms with Crippen LogP contribution in [0.1, 0.15) is 25.8 Å². The number of hydrogen-bond acceptors (Lipinski definition) is 2. The molecule has 0 aliphatic rings. The Hall–Kier alpha value is -1.18. The topological polar surface area (TPSA) is 30.0 Å². The zero-order valence-corrected chi connectivity index (χ0v) is 8.16. The molecule has 0 saturated heterocycles. The first-order valence-electron chi connectivity index (χ1n) is 4.63. The number of aromatic nitrogens is 1. The van der Waals surface area contributed by atoms with Crippen LogP contribution in [-0.4, -0.2) is 10.8 Å². The highest BCUT2D eigenvalue weighted by Crippen LogP contribution is 2.11. The molecule has 0 aliphatic heterocycles. The van der Waals surface area contributed by atoms with E-state index in [0.29, 0.717) is 0 Å². The lowest BCUT2D eigenvalue weighted by atomic mass is 9.94. The Kier molecular flexibility index (Phi) is 3.62. The molecule has 1 unspecified atom stereocenters. The Balaban J connectivity index is 2.62. The van der Waals surface area contributed by atoms with Gasteiger partial charge in [0.05, 0.1) is 0 Å². The maximum atomic E-state index is 11.2. The summed E-state index contributed by atoms with van der Waals surface area (Å²) in [7, 11) is 0. The van der Waals surface area contributed by atoms with Gasteiger partial charge in [0.25, 0.3) is 0 Å². The van der Waals surface area contributed by atoms with Crippen molar-refractivity contribution in [3.63, 3.8) is 0 Å². The van der Waals surface area contributed by atoms with Gasteiger partial charge in [0, 0.05) is 18.3 Å². The lowest BCUT2D eigenvalue weighted by Gasteiger charge is -2.09. The quantitative estimate of drug-likeness (QED) is 0.706. The minimum atomic E-state index is 0.157. The van der Waals surface area contributed by atoms with Gasteiger partial charge in [-0.2, -0.15) is 0 Å². The van der Waals surface area contributed by atoms with Gasteiger partial charge in [-0.15, -0.1) is 0 Å². The van der Waals surface area contributed by atoms with Crippen LogP contribution >= 0.6 is 0 Å². The maximum absolute atomic E-state index is 11.2. The molecule has 70 valence electrons. The number of rotatable bonds is 4. The second-order valence-corrected chi connectivity index (χ2v) is 3.28. The van der Waals surface area contributed by atoms with Crippen LogP contribution in [0.15, 0.2) is 24.5 Å². The van der Waals surface area contributed by atoms with Crippen LogP contribution in [0.3, 0.4) is 0 Å². The van der Waals surface area contributed by atoms with Crippen molar-refractivity contribution in [2.24, 2.45) is 5.92 Å². The molecule has 13 heavy (non-hydrogen) atoms. The van der Waals surface area contributed by atoms with Crippen molar-refractivity contribution in [2.45, 2.75) is 26.7 Å². The number of ketones is 1. The molecule has 1 aromatic heterocycles. The summed E-state index contributed by atoms with van der Waals surface area (Å²) in [5, 5.41) is 0. The summed E-state index contributed by atoms with van der Waals surface area (Å²) < 4.78 is 0. The second kappa shape index (κ2) is 4.75. The fourth-order valence-corrected chi connectivity index (χ4v) is 1.38. The van der Waals surface area contributed by atoms with Crippen LogP contribution in [0.4, 0.5) is 0 Å². The number of carbonyl (C=O) groups is 1. The molecular formula is C11H15NO. The molecule has 0 amide bonds. The molecule has 0 aromatic carbocycles. The van der Waals surface area contributed by atoms with E-state index < -0.39 is 0 Å². The van der Waals surface area contributed by atoms with Gasteiger partial charge < -0.3 is 0 Å². The molecule has 2 nitrogen and oxygen atoms in total. The molecule has 2 heteroatoms. The van der Waals surface area contributed by atoms with Crippen LogP contribution in [0.25, 0.3) is 0 Å². The third kappa shape index (κ3) is 2.98. The highest BCUT2D eigenvalue weighted by Gasteiger charge is 2.11. The molecular weight excluding hydrogens is 162 g/mol. The summed E-state index contributed by atoms with van der Waals surface area (Å²) in [5.74, 6) is 0.426. The Morgan fingerprint density at radius 3 is 2.85 bits per heavy atom. The average Bonchev–Trinajstić information content (AvgIpc) is 2.15. The molecule has 0 spiro atoms. The first kappa shape index (κ1) is 9.90. The molecule has 0 aliphatic carbocycles. The maximum Gasteiger partial charge on any atom is 0.133 e. The van der Waals surface area contributed by atoms with Crippen LogP contribution < -0.4 is 0 Å². The van der Waals surface area contributed by atoms with Crippen molar-refractivity contribution in [2.75, 3.05) is 0 Å². The molecule has 0 N–H and O–H groups in total. The third-order valence-corrected chi connectivity index (χ3v) is 2.27. The predicted octanol–water partition coefficient (Wildman–Crippen LogP) is 2.24. The fraction of sp³-hybridized carbons (Fsp3) is 0.455. The van der Waals surface area contributed by atoms with Crippen molar-refractivity contribution in [3.05, 3.63) is 30.1 Å². The minimum Gasteiger partial charge on any atom is -0.300 e.